The van der Waals surface area contributed by atoms with Crippen LogP contribution in [0.4, 0.5) is 11.4 Å². The molecule has 1 aromatic carbocycles. The topological polar surface area (TPSA) is 133 Å². The van der Waals surface area contributed by atoms with Gasteiger partial charge >= 0.3 is 5.97 Å². The molecule has 0 N–H and O–H groups in total. The Morgan fingerprint density at radius 2 is 2.00 bits per heavy atom. The van der Waals surface area contributed by atoms with Crippen LogP contribution in [0.3, 0.4) is 0 Å². The summed E-state index contributed by atoms with van der Waals surface area (Å²) in [7, 11) is 1.47. The first-order chi connectivity index (χ1) is 11.3. The lowest BCUT2D eigenvalue weighted by molar-refractivity contribution is -0.394. The molecule has 128 valence electrons. The molecule has 2 rings (SSSR count). The number of ether oxygens (including phenoxy) is 1. The van der Waals surface area contributed by atoms with Gasteiger partial charge in [0.15, 0.2) is 5.41 Å². The number of esters is 1. The van der Waals surface area contributed by atoms with E-state index in [-0.39, 0.29) is 25.1 Å². The summed E-state index contributed by atoms with van der Waals surface area (Å²) in [4.78, 5) is 47.0. The number of carbonyl (C=O) groups is 2. The Hall–Kier alpha value is -3.04. The summed E-state index contributed by atoms with van der Waals surface area (Å²) in [6.07, 6.45) is -0.000181. The second-order valence-corrected chi connectivity index (χ2v) is 5.32. The summed E-state index contributed by atoms with van der Waals surface area (Å²) in [6.45, 7) is 1.77. The van der Waals surface area contributed by atoms with Crippen LogP contribution in [-0.2, 0) is 19.7 Å². The molecule has 0 aliphatic carbocycles. The highest BCUT2D eigenvalue weighted by Gasteiger charge is 2.57. The van der Waals surface area contributed by atoms with Crippen LogP contribution in [0.2, 0.25) is 0 Å². The average Bonchev–Trinajstić information content (AvgIpc) is 2.83. The van der Waals surface area contributed by atoms with Crippen LogP contribution in [0.1, 0.15) is 18.9 Å². The van der Waals surface area contributed by atoms with E-state index in [1.165, 1.54) is 11.9 Å². The third-order valence-electron chi connectivity index (χ3n) is 4.01. The van der Waals surface area contributed by atoms with Crippen molar-refractivity contribution in [3.63, 3.8) is 0 Å². The third kappa shape index (κ3) is 2.55. The normalized spacial score (nSPS) is 20.1. The smallest absolute Gasteiger partial charge is 0.326 e. The molecule has 1 saturated heterocycles. The largest absolute Gasteiger partial charge is 0.465 e. The summed E-state index contributed by atoms with van der Waals surface area (Å²) in [6, 6.07) is 2.88. The number of benzene rings is 1. The van der Waals surface area contributed by atoms with Crippen molar-refractivity contribution in [1.29, 1.82) is 0 Å². The van der Waals surface area contributed by atoms with Crippen LogP contribution in [0.25, 0.3) is 0 Å². The lowest BCUT2D eigenvalue weighted by Crippen LogP contribution is -2.45. The highest BCUT2D eigenvalue weighted by atomic mass is 16.6. The van der Waals surface area contributed by atoms with E-state index in [0.717, 1.165) is 18.2 Å². The van der Waals surface area contributed by atoms with Gasteiger partial charge in [0.2, 0.25) is 5.91 Å². The Bertz CT molecular complexity index is 733. The number of nitro benzene ring substituents is 2. The lowest BCUT2D eigenvalue weighted by Gasteiger charge is -2.24. The molecule has 1 amide bonds. The zero-order chi connectivity index (χ0) is 18.1. The maximum atomic E-state index is 12.6. The minimum absolute atomic E-state index is 0.000181. The SMILES string of the molecule is CCOC(=O)[C@]1(c2ccc([N+](=O)[O-])cc2[N+](=O)[O-])CCN(C)C1=O. The number of nitro groups is 2. The predicted octanol–water partition coefficient (Wildman–Crippen LogP) is 1.17. The highest BCUT2D eigenvalue weighted by Crippen LogP contribution is 2.42. The number of amides is 1. The summed E-state index contributed by atoms with van der Waals surface area (Å²) in [5.41, 5.74) is -3.20. The Kier molecular flexibility index (Phi) is 4.49. The van der Waals surface area contributed by atoms with Gasteiger partial charge in [0.05, 0.1) is 28.1 Å². The predicted molar refractivity (Wildman–Crippen MR) is 80.3 cm³/mol. The van der Waals surface area contributed by atoms with Crippen LogP contribution in [-0.4, -0.2) is 46.8 Å². The molecule has 0 spiro atoms. The first-order valence-electron chi connectivity index (χ1n) is 7.11. The molecule has 1 atom stereocenters. The van der Waals surface area contributed by atoms with E-state index in [1.807, 2.05) is 0 Å². The van der Waals surface area contributed by atoms with Gasteiger partial charge in [0.1, 0.15) is 0 Å². The average molecular weight is 337 g/mol. The first kappa shape index (κ1) is 17.3. The Morgan fingerprint density at radius 3 is 2.46 bits per heavy atom. The van der Waals surface area contributed by atoms with Crippen LogP contribution < -0.4 is 0 Å². The van der Waals surface area contributed by atoms with Gasteiger partial charge in [-0.15, -0.1) is 0 Å². The number of rotatable bonds is 5. The van der Waals surface area contributed by atoms with Gasteiger partial charge in [-0.05, 0) is 19.4 Å². The van der Waals surface area contributed by atoms with Crippen molar-refractivity contribution in [1.82, 2.24) is 4.90 Å². The molecular weight excluding hydrogens is 322 g/mol. The van der Waals surface area contributed by atoms with Gasteiger partial charge in [-0.1, -0.05) is 0 Å². The second kappa shape index (κ2) is 6.22. The molecule has 0 aromatic heterocycles. The zero-order valence-corrected chi connectivity index (χ0v) is 13.1. The number of nitrogens with zero attached hydrogens (tertiary/aromatic N) is 3. The van der Waals surface area contributed by atoms with Gasteiger partial charge < -0.3 is 9.64 Å². The third-order valence-corrected chi connectivity index (χ3v) is 4.01. The minimum Gasteiger partial charge on any atom is -0.465 e. The van der Waals surface area contributed by atoms with Crippen LogP contribution in [0, 0.1) is 20.2 Å². The van der Waals surface area contributed by atoms with Gasteiger partial charge in [-0.25, -0.2) is 0 Å². The molecule has 10 heteroatoms. The van der Waals surface area contributed by atoms with Crippen molar-refractivity contribution in [3.05, 3.63) is 44.0 Å². The molecule has 1 aliphatic rings. The van der Waals surface area contributed by atoms with Gasteiger partial charge in [-0.2, -0.15) is 0 Å². The van der Waals surface area contributed by atoms with Crippen molar-refractivity contribution >= 4 is 23.3 Å². The van der Waals surface area contributed by atoms with Gasteiger partial charge in [-0.3, -0.25) is 29.8 Å². The van der Waals surface area contributed by atoms with Crippen LogP contribution >= 0.6 is 0 Å². The quantitative estimate of drug-likeness (QED) is 0.341. The van der Waals surface area contributed by atoms with E-state index in [4.69, 9.17) is 4.74 Å². The van der Waals surface area contributed by atoms with E-state index in [9.17, 15) is 29.8 Å². The zero-order valence-electron chi connectivity index (χ0n) is 13.1. The second-order valence-electron chi connectivity index (χ2n) is 5.32. The minimum atomic E-state index is -1.86. The van der Waals surface area contributed by atoms with Crippen molar-refractivity contribution in [2.45, 2.75) is 18.8 Å². The summed E-state index contributed by atoms with van der Waals surface area (Å²) in [5.74, 6) is -1.52. The maximum Gasteiger partial charge on any atom is 0.326 e. The van der Waals surface area contributed by atoms with E-state index < -0.39 is 38.5 Å². The molecule has 0 radical (unpaired) electrons. The highest BCUT2D eigenvalue weighted by molar-refractivity contribution is 6.10. The molecular formula is C14H15N3O7. The fourth-order valence-corrected chi connectivity index (χ4v) is 2.82. The number of non-ortho nitro benzene ring substituents is 1. The Labute approximate surface area is 136 Å². The summed E-state index contributed by atoms with van der Waals surface area (Å²) >= 11 is 0. The molecule has 0 saturated carbocycles. The van der Waals surface area contributed by atoms with Crippen molar-refractivity contribution in [2.75, 3.05) is 20.2 Å². The molecule has 24 heavy (non-hydrogen) atoms. The summed E-state index contributed by atoms with van der Waals surface area (Å²) in [5, 5.41) is 22.2. The first-order valence-corrected chi connectivity index (χ1v) is 7.11. The number of hydrogen-bond donors (Lipinski definition) is 0. The lowest BCUT2D eigenvalue weighted by atomic mass is 9.78. The van der Waals surface area contributed by atoms with E-state index in [0.29, 0.717) is 0 Å². The fourth-order valence-electron chi connectivity index (χ4n) is 2.82. The van der Waals surface area contributed by atoms with Crippen LogP contribution in [0.5, 0.6) is 0 Å². The van der Waals surface area contributed by atoms with Gasteiger partial charge in [0.25, 0.3) is 11.4 Å². The Morgan fingerprint density at radius 1 is 1.33 bits per heavy atom. The number of carbonyl (C=O) groups excluding carboxylic acids is 2. The number of likely N-dealkylation sites (tertiary alicyclic amines) is 1. The summed E-state index contributed by atoms with van der Waals surface area (Å²) < 4.78 is 4.97. The van der Waals surface area contributed by atoms with Crippen molar-refractivity contribution < 1.29 is 24.2 Å². The molecule has 0 unspecified atom stereocenters. The number of hydrogen-bond acceptors (Lipinski definition) is 7. The Balaban J connectivity index is 2.72. The molecule has 1 aliphatic heterocycles. The number of likely N-dealkylation sites (N-methyl/N-ethyl adjacent to an activating group) is 1. The maximum absolute atomic E-state index is 12.6. The molecule has 1 fully saturated rings. The molecule has 0 bridgehead atoms. The van der Waals surface area contributed by atoms with E-state index >= 15 is 0 Å². The van der Waals surface area contributed by atoms with Crippen LogP contribution in [0.15, 0.2) is 18.2 Å². The molecule has 1 aromatic rings. The van der Waals surface area contributed by atoms with Gasteiger partial charge in [0, 0.05) is 19.7 Å². The van der Waals surface area contributed by atoms with E-state index in [1.54, 1.807) is 6.92 Å². The van der Waals surface area contributed by atoms with Crippen molar-refractivity contribution in [3.8, 4) is 0 Å². The molecule has 10 nitrogen and oxygen atoms in total. The van der Waals surface area contributed by atoms with E-state index in [2.05, 4.69) is 0 Å². The van der Waals surface area contributed by atoms with Crippen molar-refractivity contribution in [2.24, 2.45) is 0 Å². The fraction of sp³-hybridized carbons (Fsp3) is 0.429. The standard InChI is InChI=1S/C14H15N3O7/c1-3-24-13(19)14(6-7-15(2)12(14)18)10-5-4-9(16(20)21)8-11(10)17(22)23/h4-5,8H,3,6-7H2,1-2H3/t14-/m0/s1. The monoisotopic (exact) mass is 337 g/mol. The molecule has 1 heterocycles.